The maximum atomic E-state index is 13.7. The lowest BCUT2D eigenvalue weighted by Gasteiger charge is -2.42. The summed E-state index contributed by atoms with van der Waals surface area (Å²) in [4.78, 5) is 33.9. The van der Waals surface area contributed by atoms with Gasteiger partial charge < -0.3 is 15.4 Å². The van der Waals surface area contributed by atoms with Crippen molar-refractivity contribution in [2.75, 3.05) is 19.6 Å². The summed E-state index contributed by atoms with van der Waals surface area (Å²) in [5, 5.41) is 14.4. The van der Waals surface area contributed by atoms with E-state index in [1.54, 1.807) is 29.2 Å². The number of phenols is 1. The van der Waals surface area contributed by atoms with Gasteiger partial charge in [-0.2, -0.15) is 0 Å². The summed E-state index contributed by atoms with van der Waals surface area (Å²) in [7, 11) is 0. The predicted octanol–water partition coefficient (Wildman–Crippen LogP) is 4.08. The molecule has 0 radical (unpaired) electrons. The Balaban J connectivity index is 1.66. The highest BCUT2D eigenvalue weighted by Crippen LogP contribution is 2.49. The van der Waals surface area contributed by atoms with Crippen LogP contribution in [-0.2, 0) is 11.2 Å². The van der Waals surface area contributed by atoms with Crippen LogP contribution in [-0.4, -0.2) is 57.0 Å². The number of rotatable bonds is 6. The zero-order valence-corrected chi connectivity index (χ0v) is 19.9. The number of fused-ring (bicyclic) bond motifs is 4. The number of aromatic hydroxyl groups is 1. The Hall–Kier alpha value is -3.10. The van der Waals surface area contributed by atoms with E-state index in [0.717, 1.165) is 32.2 Å². The first-order chi connectivity index (χ1) is 15.8. The number of aromatic amines is 1. The van der Waals surface area contributed by atoms with Crippen LogP contribution in [0.5, 0.6) is 5.75 Å². The maximum Gasteiger partial charge on any atom is 0.328 e. The van der Waals surface area contributed by atoms with Crippen molar-refractivity contribution in [3.05, 3.63) is 76.4 Å². The Bertz CT molecular complexity index is 1290. The van der Waals surface area contributed by atoms with E-state index in [-0.39, 0.29) is 24.2 Å². The molecule has 1 saturated heterocycles. The van der Waals surface area contributed by atoms with Crippen LogP contribution >= 0.6 is 15.9 Å². The van der Waals surface area contributed by atoms with E-state index in [9.17, 15) is 14.7 Å². The molecule has 2 atom stereocenters. The van der Waals surface area contributed by atoms with Gasteiger partial charge in [0.1, 0.15) is 17.3 Å². The molecule has 0 unspecified atom stereocenters. The zero-order chi connectivity index (χ0) is 23.3. The van der Waals surface area contributed by atoms with Gasteiger partial charge >= 0.3 is 6.03 Å². The molecule has 3 aromatic rings. The lowest BCUT2D eigenvalue weighted by molar-refractivity contribution is -0.133. The van der Waals surface area contributed by atoms with E-state index in [1.165, 1.54) is 4.90 Å². The summed E-state index contributed by atoms with van der Waals surface area (Å²) in [6.07, 6.45) is 2.15. The Labute approximate surface area is 200 Å². The minimum Gasteiger partial charge on any atom is -0.508 e. The number of amides is 3. The molecule has 1 aromatic heterocycles. The van der Waals surface area contributed by atoms with Crippen LogP contribution in [0.25, 0.3) is 10.9 Å². The van der Waals surface area contributed by atoms with E-state index >= 15 is 0 Å². The predicted molar refractivity (Wildman–Crippen MR) is 130 cm³/mol. The number of halogens is 1. The Morgan fingerprint density at radius 3 is 2.88 bits per heavy atom. The van der Waals surface area contributed by atoms with Crippen molar-refractivity contribution >= 4 is 38.8 Å². The van der Waals surface area contributed by atoms with E-state index in [1.807, 2.05) is 31.2 Å². The number of aromatic nitrogens is 1. The number of carbonyl (C=O) groups is 2. The molecular formula is C25H25BrN4O3. The number of carbonyl (C=O) groups excluding carboxylic acids is 2. The van der Waals surface area contributed by atoms with Crippen molar-refractivity contribution in [3.63, 3.8) is 0 Å². The van der Waals surface area contributed by atoms with E-state index < -0.39 is 11.6 Å². The van der Waals surface area contributed by atoms with Gasteiger partial charge in [0, 0.05) is 47.1 Å². The van der Waals surface area contributed by atoms with Crippen LogP contribution in [0.15, 0.2) is 59.6 Å². The molecule has 3 heterocycles. The standard InChI is InChI=1S/C25H25BrN4O3/c1-3-9-27-10-11-29-23(32)25(2)14-19-18-13-16(26)7-8-20(18)28-21(19)22(30(25)24(29)33)15-5-4-6-17(31)12-15/h3-8,12-13,22,27-28,31H,1,9-11,14H2,2H3/t22-,25+/m1/s1. The van der Waals surface area contributed by atoms with Gasteiger partial charge in [-0.15, -0.1) is 6.58 Å². The fourth-order valence-corrected chi connectivity index (χ4v) is 5.48. The van der Waals surface area contributed by atoms with Crippen molar-refractivity contribution in [3.8, 4) is 5.75 Å². The molecule has 2 aliphatic rings. The molecule has 170 valence electrons. The third-order valence-corrected chi connectivity index (χ3v) is 7.11. The first-order valence-corrected chi connectivity index (χ1v) is 11.7. The summed E-state index contributed by atoms with van der Waals surface area (Å²) in [5.41, 5.74) is 2.56. The Kier molecular flexibility index (Phi) is 5.29. The van der Waals surface area contributed by atoms with Crippen molar-refractivity contribution in [1.29, 1.82) is 0 Å². The van der Waals surface area contributed by atoms with Crippen molar-refractivity contribution in [2.45, 2.75) is 24.9 Å². The second-order valence-electron chi connectivity index (χ2n) is 8.76. The summed E-state index contributed by atoms with van der Waals surface area (Å²) in [6, 6.07) is 12.1. The van der Waals surface area contributed by atoms with E-state index in [2.05, 4.69) is 32.8 Å². The Morgan fingerprint density at radius 2 is 2.12 bits per heavy atom. The van der Waals surface area contributed by atoms with Crippen molar-refractivity contribution in [2.24, 2.45) is 0 Å². The highest BCUT2D eigenvalue weighted by Gasteiger charge is 2.60. The fourth-order valence-electron chi connectivity index (χ4n) is 5.12. The first kappa shape index (κ1) is 21.7. The molecule has 8 heteroatoms. The van der Waals surface area contributed by atoms with Crippen LogP contribution < -0.4 is 5.32 Å². The second kappa shape index (κ2) is 8.04. The summed E-state index contributed by atoms with van der Waals surface area (Å²) in [5.74, 6) is -0.0864. The normalized spacial score (nSPS) is 22.1. The minimum absolute atomic E-state index is 0.114. The van der Waals surface area contributed by atoms with Crippen LogP contribution in [0.1, 0.15) is 29.8 Å². The number of phenolic OH excluding ortho intramolecular Hbond substituents is 1. The second-order valence-corrected chi connectivity index (χ2v) is 9.67. The molecule has 2 aromatic carbocycles. The van der Waals surface area contributed by atoms with Gasteiger partial charge in [-0.05, 0) is 48.4 Å². The number of H-pyrrole nitrogens is 1. The van der Waals surface area contributed by atoms with Crippen LogP contribution in [0, 0.1) is 0 Å². The third-order valence-electron chi connectivity index (χ3n) is 6.62. The number of benzene rings is 2. The van der Waals surface area contributed by atoms with E-state index in [0.29, 0.717) is 19.5 Å². The maximum absolute atomic E-state index is 13.7. The molecule has 0 saturated carbocycles. The lowest BCUT2D eigenvalue weighted by atomic mass is 9.81. The lowest BCUT2D eigenvalue weighted by Crippen LogP contribution is -2.53. The van der Waals surface area contributed by atoms with Crippen LogP contribution in [0.4, 0.5) is 4.79 Å². The molecule has 0 spiro atoms. The van der Waals surface area contributed by atoms with Gasteiger partial charge in [0.15, 0.2) is 0 Å². The van der Waals surface area contributed by atoms with Crippen LogP contribution in [0.2, 0.25) is 0 Å². The summed E-state index contributed by atoms with van der Waals surface area (Å²) in [6.45, 7) is 6.91. The number of nitrogens with zero attached hydrogens (tertiary/aromatic N) is 2. The van der Waals surface area contributed by atoms with Gasteiger partial charge in [-0.1, -0.05) is 34.1 Å². The molecule has 0 bridgehead atoms. The number of hydrogen-bond donors (Lipinski definition) is 3. The number of hydrogen-bond acceptors (Lipinski definition) is 4. The first-order valence-electron chi connectivity index (χ1n) is 10.9. The van der Waals surface area contributed by atoms with Crippen molar-refractivity contribution < 1.29 is 14.7 Å². The quantitative estimate of drug-likeness (QED) is 0.266. The molecule has 5 rings (SSSR count). The van der Waals surface area contributed by atoms with Gasteiger partial charge in [-0.3, -0.25) is 14.6 Å². The fraction of sp³-hybridized carbons (Fsp3) is 0.280. The SMILES string of the molecule is C=CCNCCN1C(=O)N2[C@H](c3cccc(O)c3)c3[nH]c4ccc(Br)cc4c3C[C@@]2(C)C1=O. The smallest absolute Gasteiger partial charge is 0.328 e. The van der Waals surface area contributed by atoms with Gasteiger partial charge in [0.25, 0.3) is 5.91 Å². The molecule has 2 aliphatic heterocycles. The van der Waals surface area contributed by atoms with Gasteiger partial charge in [0.05, 0.1) is 0 Å². The number of imide groups is 1. The highest BCUT2D eigenvalue weighted by atomic mass is 79.9. The molecular weight excluding hydrogens is 484 g/mol. The largest absolute Gasteiger partial charge is 0.508 e. The molecule has 3 amide bonds. The average molecular weight is 509 g/mol. The van der Waals surface area contributed by atoms with Crippen LogP contribution in [0.3, 0.4) is 0 Å². The van der Waals surface area contributed by atoms with Gasteiger partial charge in [0.2, 0.25) is 0 Å². The average Bonchev–Trinajstić information content (AvgIpc) is 3.22. The molecule has 7 nitrogen and oxygen atoms in total. The molecule has 33 heavy (non-hydrogen) atoms. The van der Waals surface area contributed by atoms with Gasteiger partial charge in [-0.25, -0.2) is 4.79 Å². The number of nitrogens with one attached hydrogen (secondary N) is 2. The third kappa shape index (κ3) is 3.36. The Morgan fingerprint density at radius 1 is 1.30 bits per heavy atom. The summed E-state index contributed by atoms with van der Waals surface area (Å²) < 4.78 is 0.946. The highest BCUT2D eigenvalue weighted by molar-refractivity contribution is 9.10. The van der Waals surface area contributed by atoms with Crippen molar-refractivity contribution in [1.82, 2.24) is 20.1 Å². The zero-order valence-electron chi connectivity index (χ0n) is 18.3. The summed E-state index contributed by atoms with van der Waals surface area (Å²) >= 11 is 3.56. The molecule has 3 N–H and O–H groups in total. The molecule has 1 fully saturated rings. The monoisotopic (exact) mass is 508 g/mol. The topological polar surface area (TPSA) is 88.7 Å². The molecule has 0 aliphatic carbocycles. The number of urea groups is 1. The van der Waals surface area contributed by atoms with E-state index in [4.69, 9.17) is 0 Å². The minimum atomic E-state index is -1.03.